The van der Waals surface area contributed by atoms with Crippen LogP contribution in [0.5, 0.6) is 0 Å². The summed E-state index contributed by atoms with van der Waals surface area (Å²) in [5.41, 5.74) is 1.39. The van der Waals surface area contributed by atoms with Crippen molar-refractivity contribution in [3.05, 3.63) is 42.5 Å². The Balaban J connectivity index is 2.71. The quantitative estimate of drug-likeness (QED) is 0.631. The molecule has 1 aromatic heterocycles. The lowest BCUT2D eigenvalue weighted by atomic mass is 10.0. The summed E-state index contributed by atoms with van der Waals surface area (Å²) in [6, 6.07) is 7.00. The maximum atomic E-state index is 12.1. The van der Waals surface area contributed by atoms with Crippen molar-refractivity contribution >= 4 is 56.4 Å². The van der Waals surface area contributed by atoms with Crippen LogP contribution in [0.15, 0.2) is 22.0 Å². The molecule has 0 aliphatic rings. The third-order valence-electron chi connectivity index (χ3n) is 2.64. The van der Waals surface area contributed by atoms with E-state index in [4.69, 9.17) is 27.9 Å². The van der Waals surface area contributed by atoms with Gasteiger partial charge in [-0.1, -0.05) is 29.3 Å². The molecule has 0 saturated carbocycles. The standard InChI is InChI=1S/C14H8BrCl2NO2S/c1-2-20-14(19)12-11(9(6-18)13(15)21-12)8-4-3-7(16)5-10(8)17/h3-5H,2H2,1H3. The number of hydrogen-bond acceptors (Lipinski definition) is 4. The molecule has 0 aliphatic heterocycles. The van der Waals surface area contributed by atoms with Crippen molar-refractivity contribution in [2.75, 3.05) is 6.61 Å². The predicted molar refractivity (Wildman–Crippen MR) is 88.1 cm³/mol. The molecule has 0 radical (unpaired) electrons. The largest absolute Gasteiger partial charge is 0.462 e. The number of hydrogen-bond donors (Lipinski definition) is 0. The van der Waals surface area contributed by atoms with Crippen molar-refractivity contribution in [2.24, 2.45) is 0 Å². The Morgan fingerprint density at radius 1 is 1.48 bits per heavy atom. The Labute approximate surface area is 144 Å². The summed E-state index contributed by atoms with van der Waals surface area (Å²) in [4.78, 5) is 12.4. The highest BCUT2D eigenvalue weighted by Crippen LogP contribution is 2.42. The van der Waals surface area contributed by atoms with Gasteiger partial charge in [-0.15, -0.1) is 11.3 Å². The molecule has 0 unspecified atom stereocenters. The molecule has 1 heterocycles. The smallest absolute Gasteiger partial charge is 0.349 e. The highest BCUT2D eigenvalue weighted by molar-refractivity contribution is 9.11. The summed E-state index contributed by atoms with van der Waals surface area (Å²) < 4.78 is 5.60. The van der Waals surface area contributed by atoms with E-state index in [1.54, 1.807) is 25.1 Å². The summed E-state index contributed by atoms with van der Waals surface area (Å²) in [5.74, 6) is -0.481. The number of ether oxygens (including phenoxy) is 1. The maximum absolute atomic E-state index is 12.1. The van der Waals surface area contributed by atoms with Gasteiger partial charge in [0.15, 0.2) is 0 Å². The van der Waals surface area contributed by atoms with Crippen LogP contribution in [0, 0.1) is 11.3 Å². The number of halogens is 3. The van der Waals surface area contributed by atoms with Crippen molar-refractivity contribution in [3.8, 4) is 17.2 Å². The summed E-state index contributed by atoms with van der Waals surface area (Å²) >= 11 is 16.5. The highest BCUT2D eigenvalue weighted by Gasteiger charge is 2.25. The van der Waals surface area contributed by atoms with Gasteiger partial charge in [-0.05, 0) is 35.0 Å². The molecular weight excluding hydrogens is 397 g/mol. The zero-order chi connectivity index (χ0) is 15.6. The third kappa shape index (κ3) is 3.24. The fourth-order valence-electron chi connectivity index (χ4n) is 1.79. The van der Waals surface area contributed by atoms with Crippen LogP contribution in [0.25, 0.3) is 11.1 Å². The van der Waals surface area contributed by atoms with E-state index in [1.165, 1.54) is 0 Å². The number of thiophene rings is 1. The van der Waals surface area contributed by atoms with Crippen LogP contribution < -0.4 is 0 Å². The highest BCUT2D eigenvalue weighted by atomic mass is 79.9. The van der Waals surface area contributed by atoms with Crippen LogP contribution in [0.2, 0.25) is 10.0 Å². The molecule has 0 aliphatic carbocycles. The van der Waals surface area contributed by atoms with Gasteiger partial charge in [-0.3, -0.25) is 0 Å². The minimum Gasteiger partial charge on any atom is -0.462 e. The molecule has 108 valence electrons. The Morgan fingerprint density at radius 3 is 2.76 bits per heavy atom. The summed E-state index contributed by atoms with van der Waals surface area (Å²) in [7, 11) is 0. The van der Waals surface area contributed by atoms with E-state index in [2.05, 4.69) is 22.0 Å². The lowest BCUT2D eigenvalue weighted by molar-refractivity contribution is 0.0533. The fraction of sp³-hybridized carbons (Fsp3) is 0.143. The zero-order valence-corrected chi connectivity index (χ0v) is 14.7. The molecule has 0 N–H and O–H groups in total. The van der Waals surface area contributed by atoms with E-state index < -0.39 is 5.97 Å². The molecule has 1 aromatic carbocycles. The monoisotopic (exact) mass is 403 g/mol. The van der Waals surface area contributed by atoms with Gasteiger partial charge in [0, 0.05) is 21.2 Å². The van der Waals surface area contributed by atoms with E-state index in [0.29, 0.717) is 35.4 Å². The Hall–Kier alpha value is -1.06. The van der Waals surface area contributed by atoms with E-state index in [-0.39, 0.29) is 6.61 Å². The minimum absolute atomic E-state index is 0.254. The Kier molecular flexibility index (Phi) is 5.28. The van der Waals surface area contributed by atoms with Crippen LogP contribution in [0.4, 0.5) is 0 Å². The molecule has 2 rings (SSSR count). The van der Waals surface area contributed by atoms with Crippen LogP contribution in [-0.2, 0) is 4.74 Å². The van der Waals surface area contributed by atoms with Gasteiger partial charge in [0.25, 0.3) is 0 Å². The number of nitrogens with zero attached hydrogens (tertiary/aromatic N) is 1. The van der Waals surface area contributed by atoms with Crippen molar-refractivity contribution in [1.82, 2.24) is 0 Å². The lowest BCUT2D eigenvalue weighted by Gasteiger charge is -2.07. The van der Waals surface area contributed by atoms with Crippen molar-refractivity contribution in [1.29, 1.82) is 5.26 Å². The minimum atomic E-state index is -0.481. The Bertz CT molecular complexity index is 752. The third-order valence-corrected chi connectivity index (χ3v) is 5.03. The van der Waals surface area contributed by atoms with Gasteiger partial charge in [0.2, 0.25) is 0 Å². The van der Waals surface area contributed by atoms with E-state index in [0.717, 1.165) is 11.3 Å². The normalized spacial score (nSPS) is 10.2. The molecule has 21 heavy (non-hydrogen) atoms. The first-order chi connectivity index (χ1) is 9.99. The summed E-state index contributed by atoms with van der Waals surface area (Å²) in [5, 5.41) is 10.2. The molecule has 0 spiro atoms. The number of rotatable bonds is 3. The lowest BCUT2D eigenvalue weighted by Crippen LogP contribution is -2.04. The fourth-order valence-corrected chi connectivity index (χ4v) is 3.95. The maximum Gasteiger partial charge on any atom is 0.349 e. The zero-order valence-electron chi connectivity index (χ0n) is 10.7. The van der Waals surface area contributed by atoms with Gasteiger partial charge in [-0.2, -0.15) is 5.26 Å². The second-order valence-electron chi connectivity index (χ2n) is 3.91. The molecule has 0 atom stereocenters. The van der Waals surface area contributed by atoms with Gasteiger partial charge < -0.3 is 4.74 Å². The average Bonchev–Trinajstić information content (AvgIpc) is 2.76. The Morgan fingerprint density at radius 2 is 2.19 bits per heavy atom. The van der Waals surface area contributed by atoms with Crippen molar-refractivity contribution < 1.29 is 9.53 Å². The van der Waals surface area contributed by atoms with Gasteiger partial charge in [0.05, 0.1) is 16.0 Å². The van der Waals surface area contributed by atoms with Crippen LogP contribution in [0.3, 0.4) is 0 Å². The van der Waals surface area contributed by atoms with E-state index in [9.17, 15) is 10.1 Å². The first kappa shape index (κ1) is 16.3. The second-order valence-corrected chi connectivity index (χ2v) is 7.09. The van der Waals surface area contributed by atoms with Crippen LogP contribution in [0.1, 0.15) is 22.2 Å². The molecule has 2 aromatic rings. The molecule has 0 fully saturated rings. The van der Waals surface area contributed by atoms with Crippen LogP contribution >= 0.6 is 50.5 Å². The number of nitriles is 1. The first-order valence-electron chi connectivity index (χ1n) is 5.84. The van der Waals surface area contributed by atoms with E-state index >= 15 is 0 Å². The molecule has 0 bridgehead atoms. The van der Waals surface area contributed by atoms with Gasteiger partial charge >= 0.3 is 5.97 Å². The molecular formula is C14H8BrCl2NO2S. The van der Waals surface area contributed by atoms with Crippen molar-refractivity contribution in [2.45, 2.75) is 6.92 Å². The molecule has 0 saturated heterocycles. The van der Waals surface area contributed by atoms with Crippen molar-refractivity contribution in [3.63, 3.8) is 0 Å². The topological polar surface area (TPSA) is 50.1 Å². The second kappa shape index (κ2) is 6.80. The molecule has 7 heteroatoms. The van der Waals surface area contributed by atoms with E-state index in [1.807, 2.05) is 0 Å². The molecule has 0 amide bonds. The van der Waals surface area contributed by atoms with Gasteiger partial charge in [-0.25, -0.2) is 4.79 Å². The first-order valence-corrected chi connectivity index (χ1v) is 8.21. The predicted octanol–water partition coefficient (Wildman–Crippen LogP) is 5.53. The number of carbonyl (C=O) groups excluding carboxylic acids is 1. The summed E-state index contributed by atoms with van der Waals surface area (Å²) in [6.45, 7) is 1.98. The number of esters is 1. The van der Waals surface area contributed by atoms with Gasteiger partial charge in [0.1, 0.15) is 10.9 Å². The summed E-state index contributed by atoms with van der Waals surface area (Å²) in [6.07, 6.45) is 0. The average molecular weight is 405 g/mol. The number of benzene rings is 1. The SMILES string of the molecule is CCOC(=O)c1sc(Br)c(C#N)c1-c1ccc(Cl)cc1Cl. The van der Waals surface area contributed by atoms with Crippen LogP contribution in [-0.4, -0.2) is 12.6 Å². The molecule has 3 nitrogen and oxygen atoms in total. The number of carbonyl (C=O) groups is 1.